The second kappa shape index (κ2) is 5.29. The van der Waals surface area contributed by atoms with E-state index < -0.39 is 0 Å². The summed E-state index contributed by atoms with van der Waals surface area (Å²) in [5.74, 6) is 0.661. The van der Waals surface area contributed by atoms with Crippen molar-refractivity contribution in [2.45, 2.75) is 12.8 Å². The van der Waals surface area contributed by atoms with Gasteiger partial charge in [0.15, 0.2) is 5.75 Å². The second-order valence-electron chi connectivity index (χ2n) is 3.56. The molecule has 0 saturated carbocycles. The average molecular weight is 214 g/mol. The molecule has 0 atom stereocenters. The third-order valence-electron chi connectivity index (χ3n) is 2.38. The van der Waals surface area contributed by atoms with Gasteiger partial charge in [0.05, 0.1) is 17.3 Å². The normalized spacial score (nSPS) is 15.3. The lowest BCUT2D eigenvalue weighted by Crippen LogP contribution is -2.22. The van der Waals surface area contributed by atoms with E-state index in [1.165, 1.54) is 0 Å². The van der Waals surface area contributed by atoms with Gasteiger partial charge in [-0.2, -0.15) is 5.26 Å². The minimum atomic E-state index is 0.622. The maximum atomic E-state index is 8.63. The summed E-state index contributed by atoms with van der Waals surface area (Å²) >= 11 is 0. The third kappa shape index (κ3) is 2.81. The van der Waals surface area contributed by atoms with Gasteiger partial charge in [0.2, 0.25) is 0 Å². The van der Waals surface area contributed by atoms with Gasteiger partial charge in [-0.25, -0.2) is 5.32 Å². The molecular weight excluding hydrogens is 202 g/mol. The lowest BCUT2D eigenvalue weighted by atomic mass is 10.1. The Balaban J connectivity index is 1.96. The van der Waals surface area contributed by atoms with E-state index in [2.05, 4.69) is 16.5 Å². The molecule has 1 aliphatic heterocycles. The quantitative estimate of drug-likeness (QED) is 0.703. The van der Waals surface area contributed by atoms with E-state index in [9.17, 15) is 0 Å². The molecule has 0 aromatic heterocycles. The zero-order valence-electron chi connectivity index (χ0n) is 8.89. The highest BCUT2D eigenvalue weighted by molar-refractivity contribution is 5.85. The van der Waals surface area contributed by atoms with Crippen molar-refractivity contribution >= 4 is 5.71 Å². The molecule has 0 unspecified atom stereocenters. The van der Waals surface area contributed by atoms with Crippen molar-refractivity contribution in [3.8, 4) is 11.8 Å². The standard InChI is InChI=1S/C12H12N3O/c13-9-10-1-3-12(4-2-10)16-15-11-5-7-14-8-6-11/h1-4H,5-8H2. The van der Waals surface area contributed by atoms with Crippen LogP contribution in [0.4, 0.5) is 0 Å². The molecule has 1 saturated heterocycles. The number of hydrogen-bond donors (Lipinski definition) is 0. The molecule has 4 heteroatoms. The topological polar surface area (TPSA) is 59.5 Å². The summed E-state index contributed by atoms with van der Waals surface area (Å²) < 4.78 is 0. The van der Waals surface area contributed by atoms with Crippen molar-refractivity contribution < 1.29 is 4.84 Å². The number of nitrogens with zero attached hydrogens (tertiary/aromatic N) is 3. The van der Waals surface area contributed by atoms with Crippen LogP contribution in [0.3, 0.4) is 0 Å². The Kier molecular flexibility index (Phi) is 3.52. The van der Waals surface area contributed by atoms with E-state index in [0.29, 0.717) is 11.3 Å². The van der Waals surface area contributed by atoms with Gasteiger partial charge in [-0.3, -0.25) is 0 Å². The van der Waals surface area contributed by atoms with E-state index in [4.69, 9.17) is 10.1 Å². The first-order valence-electron chi connectivity index (χ1n) is 5.24. The van der Waals surface area contributed by atoms with Crippen LogP contribution in [0.15, 0.2) is 29.4 Å². The first-order chi connectivity index (χ1) is 7.88. The van der Waals surface area contributed by atoms with Crippen LogP contribution in [0.2, 0.25) is 0 Å². The highest BCUT2D eigenvalue weighted by Gasteiger charge is 2.07. The third-order valence-corrected chi connectivity index (χ3v) is 2.38. The number of rotatable bonds is 2. The van der Waals surface area contributed by atoms with Crippen molar-refractivity contribution in [2.75, 3.05) is 13.1 Å². The number of piperidine rings is 1. The Hall–Kier alpha value is -1.86. The number of nitriles is 1. The predicted molar refractivity (Wildman–Crippen MR) is 60.3 cm³/mol. The molecular formula is C12H12N3O. The average Bonchev–Trinajstić information content (AvgIpc) is 2.38. The first kappa shape index (κ1) is 10.7. The van der Waals surface area contributed by atoms with Crippen LogP contribution in [-0.4, -0.2) is 18.8 Å². The van der Waals surface area contributed by atoms with Crippen LogP contribution >= 0.6 is 0 Å². The highest BCUT2D eigenvalue weighted by Crippen LogP contribution is 2.12. The first-order valence-corrected chi connectivity index (χ1v) is 5.24. The van der Waals surface area contributed by atoms with E-state index in [0.717, 1.165) is 31.6 Å². The Labute approximate surface area is 94.5 Å². The highest BCUT2D eigenvalue weighted by atomic mass is 16.6. The molecule has 0 amide bonds. The Morgan fingerprint density at radius 1 is 1.19 bits per heavy atom. The van der Waals surface area contributed by atoms with Crippen LogP contribution < -0.4 is 10.2 Å². The number of oxime groups is 1. The molecule has 1 heterocycles. The molecule has 0 bridgehead atoms. The Morgan fingerprint density at radius 3 is 2.50 bits per heavy atom. The molecule has 2 rings (SSSR count). The van der Waals surface area contributed by atoms with Gasteiger partial charge < -0.3 is 4.84 Å². The zero-order valence-corrected chi connectivity index (χ0v) is 8.89. The minimum Gasteiger partial charge on any atom is -0.357 e. The molecule has 0 N–H and O–H groups in total. The smallest absolute Gasteiger partial charge is 0.158 e. The molecule has 1 fully saturated rings. The van der Waals surface area contributed by atoms with Crippen LogP contribution in [0.25, 0.3) is 0 Å². The lowest BCUT2D eigenvalue weighted by Gasteiger charge is -2.11. The Bertz CT molecular complexity index is 409. The fourth-order valence-electron chi connectivity index (χ4n) is 1.45. The molecule has 4 nitrogen and oxygen atoms in total. The maximum absolute atomic E-state index is 8.63. The van der Waals surface area contributed by atoms with Crippen LogP contribution in [-0.2, 0) is 0 Å². The van der Waals surface area contributed by atoms with Gasteiger partial charge in [0.25, 0.3) is 0 Å². The van der Waals surface area contributed by atoms with Gasteiger partial charge in [-0.15, -0.1) is 0 Å². The summed E-state index contributed by atoms with van der Waals surface area (Å²) in [6.45, 7) is 1.69. The van der Waals surface area contributed by atoms with Gasteiger partial charge in [0.1, 0.15) is 0 Å². The van der Waals surface area contributed by atoms with Crippen molar-refractivity contribution in [3.05, 3.63) is 29.8 Å². The van der Waals surface area contributed by atoms with E-state index in [-0.39, 0.29) is 0 Å². The number of hydrogen-bond acceptors (Lipinski definition) is 3. The molecule has 0 spiro atoms. The van der Waals surface area contributed by atoms with Gasteiger partial charge in [-0.05, 0) is 24.3 Å². The summed E-state index contributed by atoms with van der Waals surface area (Å²) in [5.41, 5.74) is 1.68. The molecule has 1 aliphatic rings. The van der Waals surface area contributed by atoms with Crippen molar-refractivity contribution in [1.82, 2.24) is 5.32 Å². The molecule has 0 aliphatic carbocycles. The van der Waals surface area contributed by atoms with Crippen molar-refractivity contribution in [1.29, 1.82) is 5.26 Å². The van der Waals surface area contributed by atoms with Gasteiger partial charge in [0, 0.05) is 25.9 Å². The van der Waals surface area contributed by atoms with E-state index in [1.807, 2.05) is 0 Å². The van der Waals surface area contributed by atoms with Crippen molar-refractivity contribution in [2.24, 2.45) is 5.16 Å². The zero-order chi connectivity index (χ0) is 11.2. The van der Waals surface area contributed by atoms with E-state index in [1.54, 1.807) is 24.3 Å². The number of benzene rings is 1. The molecule has 16 heavy (non-hydrogen) atoms. The molecule has 1 aromatic carbocycles. The van der Waals surface area contributed by atoms with Crippen molar-refractivity contribution in [3.63, 3.8) is 0 Å². The fourth-order valence-corrected chi connectivity index (χ4v) is 1.45. The molecule has 1 radical (unpaired) electrons. The van der Waals surface area contributed by atoms with E-state index >= 15 is 0 Å². The molecule has 1 aromatic rings. The van der Waals surface area contributed by atoms with Crippen LogP contribution in [0, 0.1) is 11.3 Å². The van der Waals surface area contributed by atoms with Gasteiger partial charge in [-0.1, -0.05) is 5.16 Å². The monoisotopic (exact) mass is 214 g/mol. The SMILES string of the molecule is N#Cc1ccc(ON=C2CC[N]CC2)cc1. The minimum absolute atomic E-state index is 0.622. The maximum Gasteiger partial charge on any atom is 0.158 e. The second-order valence-corrected chi connectivity index (χ2v) is 3.56. The lowest BCUT2D eigenvalue weighted by molar-refractivity contribution is 0.337. The predicted octanol–water partition coefficient (Wildman–Crippen LogP) is 1.69. The van der Waals surface area contributed by atoms with Gasteiger partial charge >= 0.3 is 0 Å². The summed E-state index contributed by atoms with van der Waals surface area (Å²) in [5, 5.41) is 16.9. The fraction of sp³-hybridized carbons (Fsp3) is 0.333. The summed E-state index contributed by atoms with van der Waals surface area (Å²) in [6, 6.07) is 8.98. The summed E-state index contributed by atoms with van der Waals surface area (Å²) in [4.78, 5) is 5.28. The van der Waals surface area contributed by atoms with Crippen LogP contribution in [0.1, 0.15) is 18.4 Å². The molecule has 81 valence electrons. The Morgan fingerprint density at radius 2 is 1.88 bits per heavy atom. The largest absolute Gasteiger partial charge is 0.357 e. The summed E-state index contributed by atoms with van der Waals surface area (Å²) in [6.07, 6.45) is 1.77. The summed E-state index contributed by atoms with van der Waals surface area (Å²) in [7, 11) is 0. The van der Waals surface area contributed by atoms with Crippen LogP contribution in [0.5, 0.6) is 5.75 Å².